The quantitative estimate of drug-likeness (QED) is 0.644. The summed E-state index contributed by atoms with van der Waals surface area (Å²) in [6.07, 6.45) is -0.811. The lowest BCUT2D eigenvalue weighted by molar-refractivity contribution is -0.286. The van der Waals surface area contributed by atoms with E-state index in [9.17, 15) is 13.6 Å². The number of fused-ring (bicyclic) bond motifs is 2. The van der Waals surface area contributed by atoms with Gasteiger partial charge in [-0.2, -0.15) is 0 Å². The Balaban J connectivity index is 1.39. The number of nitrogens with zero attached hydrogens (tertiary/aromatic N) is 1. The summed E-state index contributed by atoms with van der Waals surface area (Å²) in [4.78, 5) is 20.8. The van der Waals surface area contributed by atoms with Crippen LogP contribution in [0.1, 0.15) is 44.9 Å². The average Bonchev–Trinajstić information content (AvgIpc) is 3.24. The molecule has 6 nitrogen and oxygen atoms in total. The van der Waals surface area contributed by atoms with Gasteiger partial charge in [0.25, 0.3) is 0 Å². The van der Waals surface area contributed by atoms with Gasteiger partial charge in [-0.25, -0.2) is 4.98 Å². The number of aromatic nitrogens is 2. The van der Waals surface area contributed by atoms with E-state index in [1.54, 1.807) is 12.3 Å². The van der Waals surface area contributed by atoms with E-state index in [0.29, 0.717) is 24.1 Å². The van der Waals surface area contributed by atoms with Gasteiger partial charge in [-0.15, -0.1) is 8.78 Å². The van der Waals surface area contributed by atoms with Crippen molar-refractivity contribution in [2.75, 3.05) is 5.32 Å². The summed E-state index contributed by atoms with van der Waals surface area (Å²) in [5, 5.41) is 3.84. The average molecular weight is 413 g/mol. The van der Waals surface area contributed by atoms with Gasteiger partial charge in [0.1, 0.15) is 5.65 Å². The van der Waals surface area contributed by atoms with Gasteiger partial charge in [-0.1, -0.05) is 26.8 Å². The molecule has 5 rings (SSSR count). The minimum atomic E-state index is -3.68. The zero-order chi connectivity index (χ0) is 21.3. The fourth-order valence-electron chi connectivity index (χ4n) is 3.76. The van der Waals surface area contributed by atoms with E-state index in [2.05, 4.69) is 45.5 Å². The van der Waals surface area contributed by atoms with Crippen LogP contribution < -0.4 is 14.8 Å². The molecule has 1 amide bonds. The molecule has 1 aliphatic heterocycles. The summed E-state index contributed by atoms with van der Waals surface area (Å²) in [6.45, 7) is 6.33. The summed E-state index contributed by atoms with van der Waals surface area (Å²) < 4.78 is 35.6. The Morgan fingerprint density at radius 3 is 2.57 bits per heavy atom. The molecule has 0 saturated heterocycles. The third-order valence-corrected chi connectivity index (χ3v) is 5.67. The molecule has 1 fully saturated rings. The topological polar surface area (TPSA) is 76.2 Å². The number of hydrogen-bond donors (Lipinski definition) is 2. The second-order valence-electron chi connectivity index (χ2n) is 8.96. The number of nitrogens with one attached hydrogen (secondary N) is 2. The van der Waals surface area contributed by atoms with E-state index >= 15 is 0 Å². The number of rotatable bonds is 3. The predicted molar refractivity (Wildman–Crippen MR) is 107 cm³/mol. The Kier molecular flexibility index (Phi) is 3.73. The molecule has 0 spiro atoms. The molecule has 2 aromatic heterocycles. The molecule has 0 unspecified atom stereocenters. The Morgan fingerprint density at radius 1 is 1.13 bits per heavy atom. The van der Waals surface area contributed by atoms with E-state index in [-0.39, 0.29) is 22.8 Å². The van der Waals surface area contributed by atoms with Gasteiger partial charge in [0.15, 0.2) is 11.5 Å². The van der Waals surface area contributed by atoms with Crippen molar-refractivity contribution in [1.82, 2.24) is 9.97 Å². The second-order valence-corrected chi connectivity index (χ2v) is 8.96. The first-order valence-electron chi connectivity index (χ1n) is 9.77. The van der Waals surface area contributed by atoms with Crippen LogP contribution in [0.4, 0.5) is 14.5 Å². The van der Waals surface area contributed by atoms with Crippen molar-refractivity contribution in [2.24, 2.45) is 0 Å². The number of carbonyl (C=O) groups is 1. The molecule has 3 aromatic rings. The number of H-pyrrole nitrogens is 1. The van der Waals surface area contributed by atoms with Crippen LogP contribution in [-0.2, 0) is 15.6 Å². The number of amides is 1. The minimum absolute atomic E-state index is 0.0308. The second kappa shape index (κ2) is 5.93. The first kappa shape index (κ1) is 18.8. The third-order valence-electron chi connectivity index (χ3n) is 5.67. The van der Waals surface area contributed by atoms with Gasteiger partial charge < -0.3 is 19.8 Å². The number of benzene rings is 1. The zero-order valence-electron chi connectivity index (χ0n) is 16.8. The maximum Gasteiger partial charge on any atom is 0.586 e. The van der Waals surface area contributed by atoms with Crippen molar-refractivity contribution < 1.29 is 23.0 Å². The van der Waals surface area contributed by atoms with Crippen molar-refractivity contribution >= 4 is 22.6 Å². The number of alkyl halides is 2. The normalized spacial score (nSPS) is 18.4. The molecule has 0 bridgehead atoms. The Labute approximate surface area is 171 Å². The van der Waals surface area contributed by atoms with Crippen LogP contribution in [0.5, 0.6) is 11.5 Å². The molecule has 30 heavy (non-hydrogen) atoms. The highest BCUT2D eigenvalue weighted by Gasteiger charge is 2.52. The molecule has 156 valence electrons. The summed E-state index contributed by atoms with van der Waals surface area (Å²) in [6, 6.07) is 8.43. The molecule has 1 aromatic carbocycles. The lowest BCUT2D eigenvalue weighted by atomic mass is 9.92. The van der Waals surface area contributed by atoms with E-state index in [1.165, 1.54) is 12.1 Å². The van der Waals surface area contributed by atoms with Crippen molar-refractivity contribution in [3.8, 4) is 11.5 Å². The lowest BCUT2D eigenvalue weighted by Gasteiger charge is -2.16. The van der Waals surface area contributed by atoms with Crippen molar-refractivity contribution in [1.29, 1.82) is 0 Å². The molecular formula is C22H21F2N3O3. The van der Waals surface area contributed by atoms with E-state index < -0.39 is 11.7 Å². The third kappa shape index (κ3) is 3.07. The molecule has 0 atom stereocenters. The lowest BCUT2D eigenvalue weighted by Crippen LogP contribution is -2.28. The van der Waals surface area contributed by atoms with Crippen molar-refractivity contribution in [3.05, 3.63) is 47.8 Å². The highest BCUT2D eigenvalue weighted by Crippen LogP contribution is 2.52. The van der Waals surface area contributed by atoms with E-state index in [4.69, 9.17) is 0 Å². The number of carbonyl (C=O) groups excluding carboxylic acids is 1. The molecule has 1 saturated carbocycles. The molecule has 2 N–H and O–H groups in total. The fourth-order valence-corrected chi connectivity index (χ4v) is 3.76. The highest BCUT2D eigenvalue weighted by molar-refractivity contribution is 6.02. The summed E-state index contributed by atoms with van der Waals surface area (Å²) >= 11 is 0. The van der Waals surface area contributed by atoms with Gasteiger partial charge in [-0.05, 0) is 42.7 Å². The number of pyridine rings is 1. The molecular weight excluding hydrogens is 392 g/mol. The molecule has 3 heterocycles. The first-order valence-corrected chi connectivity index (χ1v) is 9.77. The standard InChI is InChI=1S/C22H21F2N3O3/c1-20(2,3)17-9-12-8-14(11-25-18(12)27-17)26-19(28)21(6-7-21)13-4-5-15-16(10-13)30-22(23,24)29-15/h4-5,8-11H,6-7H2,1-3H3,(H,25,27)(H,26,28). The van der Waals surface area contributed by atoms with Gasteiger partial charge in [0, 0.05) is 16.5 Å². The van der Waals surface area contributed by atoms with Crippen LogP contribution in [0, 0.1) is 0 Å². The molecule has 1 aliphatic carbocycles. The largest absolute Gasteiger partial charge is 0.586 e. The molecule has 8 heteroatoms. The first-order chi connectivity index (χ1) is 14.1. The van der Waals surface area contributed by atoms with Crippen LogP contribution in [0.25, 0.3) is 11.0 Å². The predicted octanol–water partition coefficient (Wildman–Crippen LogP) is 4.85. The molecule has 2 aliphatic rings. The van der Waals surface area contributed by atoms with E-state index in [0.717, 1.165) is 16.7 Å². The van der Waals surface area contributed by atoms with Gasteiger partial charge >= 0.3 is 6.29 Å². The molecule has 0 radical (unpaired) electrons. The number of hydrogen-bond acceptors (Lipinski definition) is 4. The highest BCUT2D eigenvalue weighted by atomic mass is 19.3. The number of anilines is 1. The van der Waals surface area contributed by atoms with Crippen LogP contribution in [0.2, 0.25) is 0 Å². The monoisotopic (exact) mass is 413 g/mol. The summed E-state index contributed by atoms with van der Waals surface area (Å²) in [7, 11) is 0. The SMILES string of the molecule is CC(C)(C)c1cc2cc(NC(=O)C3(c4ccc5c(c4)OC(F)(F)O5)CC3)cnc2[nH]1. The van der Waals surface area contributed by atoms with E-state index in [1.807, 2.05) is 12.1 Å². The van der Waals surface area contributed by atoms with Crippen molar-refractivity contribution in [3.63, 3.8) is 0 Å². The van der Waals surface area contributed by atoms with Gasteiger partial charge in [-0.3, -0.25) is 4.79 Å². The van der Waals surface area contributed by atoms with Crippen LogP contribution in [0.15, 0.2) is 36.5 Å². The maximum atomic E-state index is 13.3. The summed E-state index contributed by atoms with van der Waals surface area (Å²) in [5.74, 6) is -0.278. The Morgan fingerprint density at radius 2 is 1.87 bits per heavy atom. The zero-order valence-corrected chi connectivity index (χ0v) is 16.8. The van der Waals surface area contributed by atoms with Gasteiger partial charge in [0.05, 0.1) is 17.3 Å². The minimum Gasteiger partial charge on any atom is -0.395 e. The van der Waals surface area contributed by atoms with Crippen LogP contribution in [0.3, 0.4) is 0 Å². The van der Waals surface area contributed by atoms with Crippen LogP contribution in [-0.4, -0.2) is 22.2 Å². The Hall–Kier alpha value is -3.16. The smallest absolute Gasteiger partial charge is 0.395 e. The Bertz CT molecular complexity index is 1180. The number of halogens is 2. The van der Waals surface area contributed by atoms with Crippen LogP contribution >= 0.6 is 0 Å². The van der Waals surface area contributed by atoms with Gasteiger partial charge in [0.2, 0.25) is 5.91 Å². The maximum absolute atomic E-state index is 13.3. The fraction of sp³-hybridized carbons (Fsp3) is 0.364. The summed E-state index contributed by atoms with van der Waals surface area (Å²) in [5.41, 5.74) is 2.23. The number of ether oxygens (including phenoxy) is 2. The number of aromatic amines is 1. The van der Waals surface area contributed by atoms with Crippen molar-refractivity contribution in [2.45, 2.75) is 50.7 Å².